The van der Waals surface area contributed by atoms with E-state index in [1.165, 1.54) is 49.4 Å². The molecule has 0 unspecified atom stereocenters. The third-order valence-corrected chi connectivity index (χ3v) is 19.8. The molecule has 0 spiro atoms. The largest absolute Gasteiger partial charge is 0.480 e. The fourth-order valence-corrected chi connectivity index (χ4v) is 14.6. The van der Waals surface area contributed by atoms with Crippen molar-refractivity contribution < 1.29 is 38.6 Å². The Kier molecular flexibility index (Phi) is 22.0. The molecule has 102 heavy (non-hydrogen) atoms. The quantitative estimate of drug-likeness (QED) is 0.0803. The number of rotatable bonds is 11. The molecule has 0 aliphatic carbocycles. The van der Waals surface area contributed by atoms with E-state index in [-0.39, 0.29) is 35.6 Å². The Bertz CT molecular complexity index is 4920. The molecule has 0 radical (unpaired) electrons. The summed E-state index contributed by atoms with van der Waals surface area (Å²) in [6.45, 7) is 12.4. The lowest BCUT2D eigenvalue weighted by molar-refractivity contribution is -0.142. The second-order valence-electron chi connectivity index (χ2n) is 26.5. The molecule has 4 amide bonds. The summed E-state index contributed by atoms with van der Waals surface area (Å²) >= 11 is 4.06. The number of carbonyl (C=O) groups is 5. The maximum atomic E-state index is 13.6. The number of carboxylic acids is 1. The van der Waals surface area contributed by atoms with Crippen LogP contribution in [-0.4, -0.2) is 139 Å². The molecule has 3 fully saturated rings. The summed E-state index contributed by atoms with van der Waals surface area (Å²) in [5, 5.41) is 53.7. The first-order valence-corrected chi connectivity index (χ1v) is 35.6. The third kappa shape index (κ3) is 17.6. The van der Waals surface area contributed by atoms with Gasteiger partial charge < -0.3 is 25.6 Å². The van der Waals surface area contributed by atoms with Crippen LogP contribution in [0.1, 0.15) is 95.2 Å². The average Bonchev–Trinajstić information content (AvgIpc) is 1.64. The minimum absolute atomic E-state index is 0.0661. The maximum Gasteiger partial charge on any atom is 0.411 e. The number of aromatic nitrogens is 9. The molecule has 23 nitrogen and oxygen atoms in total. The Balaban J connectivity index is 0.000000134. The fourth-order valence-electron chi connectivity index (χ4n) is 12.5. The molecule has 520 valence electrons. The number of amides is 4. The zero-order valence-electron chi connectivity index (χ0n) is 56.8. The van der Waals surface area contributed by atoms with Crippen LogP contribution in [0.2, 0.25) is 0 Å². The Morgan fingerprint density at radius 3 is 1.27 bits per heavy atom. The second kappa shape index (κ2) is 31.6. The summed E-state index contributed by atoms with van der Waals surface area (Å²) in [7, 11) is 0. The number of pyridine rings is 3. The number of benzene rings is 6. The first-order chi connectivity index (χ1) is 49.2. The van der Waals surface area contributed by atoms with E-state index in [0.717, 1.165) is 83.1 Å². The van der Waals surface area contributed by atoms with Crippen molar-refractivity contribution in [3.8, 4) is 31.7 Å². The number of nitrogens with zero attached hydrogens (tertiary/aromatic N) is 11. The van der Waals surface area contributed by atoms with Gasteiger partial charge in [0, 0.05) is 101 Å². The molecule has 12 aromatic rings. The summed E-state index contributed by atoms with van der Waals surface area (Å²) in [5.41, 5.74) is 10.3. The second-order valence-corrected chi connectivity index (χ2v) is 29.5. The number of carbonyl (C=O) groups excluding carboxylic acids is 4. The molecule has 9 heterocycles. The normalized spacial score (nSPS) is 17.9. The molecular weight excluding hydrogens is 1350 g/mol. The van der Waals surface area contributed by atoms with Crippen LogP contribution in [0, 0.1) is 0 Å². The van der Waals surface area contributed by atoms with Crippen LogP contribution in [0.15, 0.2) is 201 Å². The van der Waals surface area contributed by atoms with Crippen LogP contribution in [-0.2, 0) is 23.9 Å². The molecule has 6 atom stereocenters. The highest BCUT2D eigenvalue weighted by Crippen LogP contribution is 2.39. The molecule has 6 aromatic carbocycles. The summed E-state index contributed by atoms with van der Waals surface area (Å²) in [6, 6.07) is 51.6. The van der Waals surface area contributed by atoms with E-state index in [2.05, 4.69) is 85.8 Å². The molecule has 6 N–H and O–H groups in total. The number of anilines is 3. The predicted molar refractivity (Wildman–Crippen MR) is 398 cm³/mol. The lowest BCUT2D eigenvalue weighted by Crippen LogP contribution is -2.47. The van der Waals surface area contributed by atoms with Crippen molar-refractivity contribution in [3.63, 3.8) is 0 Å². The van der Waals surface area contributed by atoms with Gasteiger partial charge in [0.05, 0.1) is 6.04 Å². The van der Waals surface area contributed by atoms with Gasteiger partial charge in [0.2, 0.25) is 27.2 Å². The Morgan fingerprint density at radius 1 is 0.471 bits per heavy atom. The molecule has 15 rings (SSSR count). The van der Waals surface area contributed by atoms with Crippen molar-refractivity contribution in [1.29, 1.82) is 0 Å². The van der Waals surface area contributed by atoms with E-state index in [9.17, 15) is 29.1 Å². The van der Waals surface area contributed by atoms with Gasteiger partial charge in [0.1, 0.15) is 38.3 Å². The molecule has 3 saturated heterocycles. The van der Waals surface area contributed by atoms with Crippen LogP contribution in [0.4, 0.5) is 25.0 Å². The van der Waals surface area contributed by atoms with Crippen molar-refractivity contribution in [2.45, 2.75) is 108 Å². The Hall–Kier alpha value is -11.1. The highest BCUT2D eigenvalue weighted by atomic mass is 32.1. The molecule has 0 saturated carbocycles. The number of likely N-dealkylation sites (tertiary alicyclic amines) is 2. The summed E-state index contributed by atoms with van der Waals surface area (Å²) < 4.78 is 10.9. The number of hydrogen-bond donors (Lipinski definition) is 5. The van der Waals surface area contributed by atoms with E-state index < -0.39 is 41.4 Å². The fraction of sp³-hybridized carbons (Fsp3) is 0.263. The van der Waals surface area contributed by atoms with Crippen LogP contribution in [0.25, 0.3) is 64.0 Å². The van der Waals surface area contributed by atoms with Gasteiger partial charge in [0.15, 0.2) is 0 Å². The van der Waals surface area contributed by atoms with E-state index in [1.807, 2.05) is 179 Å². The van der Waals surface area contributed by atoms with Crippen molar-refractivity contribution in [2.75, 3.05) is 36.0 Å². The van der Waals surface area contributed by atoms with E-state index in [1.54, 1.807) is 39.4 Å². The van der Waals surface area contributed by atoms with Gasteiger partial charge in [-0.2, -0.15) is 0 Å². The summed E-state index contributed by atoms with van der Waals surface area (Å²) in [6.07, 6.45) is 12.0. The summed E-state index contributed by atoms with van der Waals surface area (Å²) in [4.78, 5) is 78.5. The minimum atomic E-state index is -0.993. The molecule has 6 aromatic heterocycles. The first-order valence-electron chi connectivity index (χ1n) is 33.2. The average molecular weight is 1420 g/mol. The van der Waals surface area contributed by atoms with Gasteiger partial charge in [-0.1, -0.05) is 161 Å². The van der Waals surface area contributed by atoms with Crippen LogP contribution in [0.5, 0.6) is 0 Å². The smallest absolute Gasteiger partial charge is 0.411 e. The van der Waals surface area contributed by atoms with Gasteiger partial charge in [-0.05, 0) is 137 Å². The van der Waals surface area contributed by atoms with E-state index in [4.69, 9.17) is 15.2 Å². The number of aliphatic carboxylic acids is 1. The molecule has 3 aliphatic heterocycles. The zero-order chi connectivity index (χ0) is 71.5. The van der Waals surface area contributed by atoms with Crippen molar-refractivity contribution in [3.05, 3.63) is 218 Å². The number of carboxylic acid groups (broad SMARTS) is 1. The number of nitrogens with two attached hydrogens (primary N) is 1. The van der Waals surface area contributed by atoms with Gasteiger partial charge >= 0.3 is 18.2 Å². The molecule has 26 heteroatoms. The number of fused-ring (bicyclic) bond motifs is 3. The predicted octanol–water partition coefficient (Wildman–Crippen LogP) is 14.5. The van der Waals surface area contributed by atoms with Crippen molar-refractivity contribution >= 4 is 112 Å². The Morgan fingerprint density at radius 2 is 0.863 bits per heavy atom. The van der Waals surface area contributed by atoms with Crippen LogP contribution >= 0.6 is 34.0 Å². The molecule has 3 aliphatic rings. The van der Waals surface area contributed by atoms with E-state index in [0.29, 0.717) is 46.3 Å². The van der Waals surface area contributed by atoms with Crippen molar-refractivity contribution in [1.82, 2.24) is 60.7 Å². The lowest BCUT2D eigenvalue weighted by Gasteiger charge is -2.29. The molecule has 0 bridgehead atoms. The standard InChI is InChI=1S/C27H27N5O3S.C22H19N5OS.C16H21NO4.C11H8N4S/c1-27(2,3)35-26(34)32-14-12-21(17-7-5-4-6-8-17)22(32)23(33)29-25-31-30-24(36-25)19-9-10-20-16-28-13-11-18(20)15-19;28-20(19-18(9-11-24-19)14-4-2-1-3-5-14)25-22-27-26-21(29-22)16-6-7-17-13-23-10-8-15(17)12-16;1-16(2,3)21-15(20)17-10-9-12(13(17)14(18)19)11-7-5-4-6-8-11;12-11-15-14-10(16-11)8-1-2-9-6-13-4-3-7(9)5-8/h4-11,13,15-16,21-22H,12,14H2,1-3H3,(H,29,31,33);1-8,10,12-13,18-19,24H,9,11H2,(H,25,27,28);4-8,12-13H,9-10H2,1-3H3,(H,18,19);1-6H,(H2,12,15)/t21-,22-;18-,19-;12-,13-;/m111./s1. The summed E-state index contributed by atoms with van der Waals surface area (Å²) in [5.74, 6) is -1.55. The zero-order valence-corrected chi connectivity index (χ0v) is 59.2. The number of nitrogens with one attached hydrogen (secondary N) is 3. The number of ether oxygens (including phenoxy) is 2. The minimum Gasteiger partial charge on any atom is -0.480 e. The first kappa shape index (κ1) is 70.8. The van der Waals surface area contributed by atoms with E-state index >= 15 is 0 Å². The third-order valence-electron chi connectivity index (χ3n) is 17.2. The van der Waals surface area contributed by atoms with Gasteiger partial charge in [-0.3, -0.25) is 45.0 Å². The van der Waals surface area contributed by atoms with Crippen LogP contribution < -0.4 is 21.7 Å². The number of nitrogen functional groups attached to an aromatic ring is 1. The lowest BCUT2D eigenvalue weighted by atomic mass is 9.91. The SMILES string of the molecule is CC(C)(C)OC(=O)N1CC[C@H](c2ccccc2)[C@@H]1C(=O)Nc1nnc(-c2ccc3cnccc3c2)s1.CC(C)(C)OC(=O)N1CC[C@H](c2ccccc2)[C@@H]1C(=O)O.Nc1nnc(-c2ccc3cnccc3c2)s1.O=C(Nc1nnc(-c2ccc3cnccc3c2)s1)[C@@H]1NCC[C@@H]1c1ccccc1. The topological polar surface area (TPSA) is 309 Å². The van der Waals surface area contributed by atoms with Gasteiger partial charge in [-0.15, -0.1) is 30.6 Å². The number of hydrogen-bond acceptors (Lipinski definition) is 21. The van der Waals surface area contributed by atoms with Crippen molar-refractivity contribution in [2.24, 2.45) is 0 Å². The van der Waals surface area contributed by atoms with Gasteiger partial charge in [0.25, 0.3) is 0 Å². The Labute approximate surface area is 600 Å². The highest BCUT2D eigenvalue weighted by molar-refractivity contribution is 7.19. The highest BCUT2D eigenvalue weighted by Gasteiger charge is 2.46. The monoisotopic (exact) mass is 1420 g/mol. The maximum absolute atomic E-state index is 13.6. The van der Waals surface area contributed by atoms with Gasteiger partial charge in [-0.25, -0.2) is 14.4 Å². The molecular formula is C76H75N15O8S3. The van der Waals surface area contributed by atoms with Crippen LogP contribution in [0.3, 0.4) is 0 Å².